The highest BCUT2D eigenvalue weighted by Crippen LogP contribution is 2.18. The molecule has 0 aliphatic carbocycles. The van der Waals surface area contributed by atoms with Crippen LogP contribution in [0.15, 0.2) is 11.4 Å². The van der Waals surface area contributed by atoms with Gasteiger partial charge in [-0.2, -0.15) is 0 Å². The van der Waals surface area contributed by atoms with Gasteiger partial charge in [0.1, 0.15) is 0 Å². The first-order valence-corrected chi connectivity index (χ1v) is 7.85. The van der Waals surface area contributed by atoms with Crippen LogP contribution in [0.3, 0.4) is 0 Å². The van der Waals surface area contributed by atoms with Gasteiger partial charge in [-0.25, -0.2) is 0 Å². The maximum absolute atomic E-state index is 11.9. The van der Waals surface area contributed by atoms with Gasteiger partial charge in [0.15, 0.2) is 0 Å². The number of hydrogen-bond acceptors (Lipinski definition) is 6. The van der Waals surface area contributed by atoms with E-state index >= 15 is 0 Å². The van der Waals surface area contributed by atoms with E-state index in [1.807, 2.05) is 6.92 Å². The number of hydrogen-bond donors (Lipinski definition) is 2. The third kappa shape index (κ3) is 3.51. The van der Waals surface area contributed by atoms with Crippen molar-refractivity contribution in [3.8, 4) is 0 Å². The first-order valence-electron chi connectivity index (χ1n) is 6.15. The van der Waals surface area contributed by atoms with Gasteiger partial charge in [0.2, 0.25) is 10.1 Å². The molecule has 0 unspecified atom stereocenters. The van der Waals surface area contributed by atoms with E-state index in [9.17, 15) is 4.79 Å². The van der Waals surface area contributed by atoms with Gasteiger partial charge >= 0.3 is 0 Å². The van der Waals surface area contributed by atoms with Crippen LogP contribution in [0.25, 0.3) is 0 Å². The molecule has 0 fully saturated rings. The molecule has 0 saturated heterocycles. The number of carbonyl (C=O) groups is 1. The van der Waals surface area contributed by atoms with Crippen molar-refractivity contribution in [1.29, 1.82) is 0 Å². The van der Waals surface area contributed by atoms with Crippen LogP contribution in [0.2, 0.25) is 0 Å². The molecule has 1 amide bonds. The Kier molecular flexibility index (Phi) is 4.86. The second-order valence-electron chi connectivity index (χ2n) is 3.85. The summed E-state index contributed by atoms with van der Waals surface area (Å²) in [6.07, 6.45) is 0.984. The fourth-order valence-corrected chi connectivity index (χ4v) is 3.25. The summed E-state index contributed by atoms with van der Waals surface area (Å²) in [4.78, 5) is 13.1. The molecule has 102 valence electrons. The minimum absolute atomic E-state index is 0.169. The third-order valence-corrected chi connectivity index (χ3v) is 4.42. The molecule has 0 aliphatic rings. The topological polar surface area (TPSA) is 66.9 Å². The lowest BCUT2D eigenvalue weighted by Gasteiger charge is -2.02. The van der Waals surface area contributed by atoms with E-state index in [1.54, 1.807) is 11.3 Å². The summed E-state index contributed by atoms with van der Waals surface area (Å²) < 4.78 is 0. The summed E-state index contributed by atoms with van der Waals surface area (Å²) >= 11 is 2.94. The number of aryl methyl sites for hydroxylation is 1. The molecule has 19 heavy (non-hydrogen) atoms. The van der Waals surface area contributed by atoms with Gasteiger partial charge < -0.3 is 10.6 Å². The van der Waals surface area contributed by atoms with Crippen LogP contribution in [-0.4, -0.2) is 22.6 Å². The second kappa shape index (κ2) is 6.63. The van der Waals surface area contributed by atoms with Crippen LogP contribution in [-0.2, 0) is 13.0 Å². The average molecular weight is 296 g/mol. The molecule has 2 aromatic heterocycles. The minimum Gasteiger partial charge on any atom is -0.360 e. The van der Waals surface area contributed by atoms with Crippen molar-refractivity contribution in [3.05, 3.63) is 26.9 Å². The van der Waals surface area contributed by atoms with E-state index in [4.69, 9.17) is 0 Å². The maximum Gasteiger partial charge on any atom is 0.282 e. The SMILES string of the molecule is CCNc1nnc(C(=O)NCc2sccc2CC)s1. The summed E-state index contributed by atoms with van der Waals surface area (Å²) in [5.74, 6) is -0.169. The Labute approximate surface area is 120 Å². The fraction of sp³-hybridized carbons (Fsp3) is 0.417. The van der Waals surface area contributed by atoms with Crippen molar-refractivity contribution >= 4 is 33.7 Å². The van der Waals surface area contributed by atoms with Crippen molar-refractivity contribution < 1.29 is 4.79 Å². The van der Waals surface area contributed by atoms with E-state index in [0.29, 0.717) is 16.7 Å². The highest BCUT2D eigenvalue weighted by Gasteiger charge is 2.13. The van der Waals surface area contributed by atoms with E-state index in [1.165, 1.54) is 21.8 Å². The zero-order valence-corrected chi connectivity index (χ0v) is 12.5. The van der Waals surface area contributed by atoms with Gasteiger partial charge in [-0.1, -0.05) is 18.3 Å². The molecule has 0 saturated carbocycles. The number of rotatable bonds is 6. The van der Waals surface area contributed by atoms with Gasteiger partial charge in [-0.3, -0.25) is 4.79 Å². The van der Waals surface area contributed by atoms with Gasteiger partial charge in [-0.15, -0.1) is 21.5 Å². The number of amides is 1. The van der Waals surface area contributed by atoms with Crippen molar-refractivity contribution in [2.75, 3.05) is 11.9 Å². The van der Waals surface area contributed by atoms with Gasteiger partial charge in [0, 0.05) is 11.4 Å². The first-order chi connectivity index (χ1) is 9.24. The highest BCUT2D eigenvalue weighted by atomic mass is 32.1. The molecule has 7 heteroatoms. The Balaban J connectivity index is 1.93. The molecule has 0 atom stereocenters. The zero-order chi connectivity index (χ0) is 13.7. The monoisotopic (exact) mass is 296 g/mol. The molecule has 5 nitrogen and oxygen atoms in total. The predicted molar refractivity (Wildman–Crippen MR) is 78.9 cm³/mol. The van der Waals surface area contributed by atoms with Crippen LogP contribution in [0, 0.1) is 0 Å². The van der Waals surface area contributed by atoms with Crippen molar-refractivity contribution in [1.82, 2.24) is 15.5 Å². The molecule has 0 aliphatic heterocycles. The lowest BCUT2D eigenvalue weighted by atomic mass is 10.2. The van der Waals surface area contributed by atoms with Crippen molar-refractivity contribution in [2.45, 2.75) is 26.8 Å². The molecule has 2 N–H and O–H groups in total. The molecule has 2 rings (SSSR count). The standard InChI is InChI=1S/C12H16N4OS2/c1-3-8-5-6-18-9(8)7-14-10(17)11-15-16-12(19-11)13-4-2/h5-6H,3-4,7H2,1-2H3,(H,13,16)(H,14,17). The Morgan fingerprint density at radius 1 is 1.37 bits per heavy atom. The average Bonchev–Trinajstić information content (AvgIpc) is 3.04. The quantitative estimate of drug-likeness (QED) is 0.859. The summed E-state index contributed by atoms with van der Waals surface area (Å²) in [5.41, 5.74) is 1.29. The molecule has 2 heterocycles. The molecular formula is C12H16N4OS2. The molecule has 0 radical (unpaired) electrons. The van der Waals surface area contributed by atoms with Crippen LogP contribution < -0.4 is 10.6 Å². The summed E-state index contributed by atoms with van der Waals surface area (Å²) in [6.45, 7) is 5.41. The van der Waals surface area contributed by atoms with Crippen LogP contribution in [0.4, 0.5) is 5.13 Å². The largest absolute Gasteiger partial charge is 0.360 e. The van der Waals surface area contributed by atoms with E-state index in [2.05, 4.69) is 39.2 Å². The smallest absolute Gasteiger partial charge is 0.282 e. The number of anilines is 1. The van der Waals surface area contributed by atoms with Crippen molar-refractivity contribution in [3.63, 3.8) is 0 Å². The number of nitrogens with one attached hydrogen (secondary N) is 2. The molecule has 0 aromatic carbocycles. The predicted octanol–water partition coefficient (Wildman–Crippen LogP) is 2.52. The van der Waals surface area contributed by atoms with E-state index in [-0.39, 0.29) is 5.91 Å². The molecular weight excluding hydrogens is 280 g/mol. The van der Waals surface area contributed by atoms with E-state index in [0.717, 1.165) is 13.0 Å². The molecule has 0 spiro atoms. The number of aromatic nitrogens is 2. The number of carbonyl (C=O) groups excluding carboxylic acids is 1. The summed E-state index contributed by atoms with van der Waals surface area (Å²) in [5, 5.41) is 16.8. The Bertz CT molecular complexity index is 549. The lowest BCUT2D eigenvalue weighted by Crippen LogP contribution is -2.22. The summed E-state index contributed by atoms with van der Waals surface area (Å²) in [6, 6.07) is 2.10. The summed E-state index contributed by atoms with van der Waals surface area (Å²) in [7, 11) is 0. The second-order valence-corrected chi connectivity index (χ2v) is 5.83. The molecule has 2 aromatic rings. The first kappa shape index (κ1) is 14.0. The Hall–Kier alpha value is -1.47. The van der Waals surface area contributed by atoms with Crippen molar-refractivity contribution in [2.24, 2.45) is 0 Å². The van der Waals surface area contributed by atoms with Crippen LogP contribution >= 0.6 is 22.7 Å². The Morgan fingerprint density at radius 3 is 2.95 bits per heavy atom. The normalized spacial score (nSPS) is 10.4. The highest BCUT2D eigenvalue weighted by molar-refractivity contribution is 7.17. The van der Waals surface area contributed by atoms with Gasteiger partial charge in [0.05, 0.1) is 6.54 Å². The van der Waals surface area contributed by atoms with E-state index < -0.39 is 0 Å². The van der Waals surface area contributed by atoms with Gasteiger partial charge in [0.25, 0.3) is 5.91 Å². The van der Waals surface area contributed by atoms with Crippen LogP contribution in [0.5, 0.6) is 0 Å². The Morgan fingerprint density at radius 2 is 2.21 bits per heavy atom. The maximum atomic E-state index is 11.9. The van der Waals surface area contributed by atoms with Gasteiger partial charge in [-0.05, 0) is 30.4 Å². The molecule has 0 bridgehead atoms. The fourth-order valence-electron chi connectivity index (χ4n) is 1.61. The lowest BCUT2D eigenvalue weighted by molar-refractivity contribution is 0.0950. The van der Waals surface area contributed by atoms with Crippen LogP contribution in [0.1, 0.15) is 34.1 Å². The minimum atomic E-state index is -0.169. The number of nitrogens with zero attached hydrogens (tertiary/aromatic N) is 2. The third-order valence-electron chi connectivity index (χ3n) is 2.58. The zero-order valence-electron chi connectivity index (χ0n) is 10.9. The number of thiophene rings is 1.